The van der Waals surface area contributed by atoms with E-state index >= 15 is 0 Å². The second kappa shape index (κ2) is 13.0. The minimum absolute atomic E-state index is 0.0223. The maximum absolute atomic E-state index is 13.6. The Hall–Kier alpha value is -4.14. The van der Waals surface area contributed by atoms with Gasteiger partial charge in [0.05, 0.1) is 25.3 Å². The summed E-state index contributed by atoms with van der Waals surface area (Å²) in [5.41, 5.74) is 2.47. The summed E-state index contributed by atoms with van der Waals surface area (Å²) < 4.78 is 11.4. The second-order valence-electron chi connectivity index (χ2n) is 10.8. The average molecular weight is 559 g/mol. The van der Waals surface area contributed by atoms with Crippen molar-refractivity contribution >= 4 is 17.8 Å². The predicted octanol–water partition coefficient (Wildman–Crippen LogP) is 4.77. The Morgan fingerprint density at radius 2 is 1.88 bits per heavy atom. The number of fused-ring (bicyclic) bond motifs is 1. The predicted molar refractivity (Wildman–Crippen MR) is 156 cm³/mol. The lowest BCUT2D eigenvalue weighted by Crippen LogP contribution is -2.45. The lowest BCUT2D eigenvalue weighted by Gasteiger charge is -2.30. The van der Waals surface area contributed by atoms with E-state index in [4.69, 9.17) is 9.47 Å². The number of hydrogen-bond donors (Lipinski definition) is 1. The van der Waals surface area contributed by atoms with Crippen molar-refractivity contribution in [1.82, 2.24) is 14.9 Å². The van der Waals surface area contributed by atoms with E-state index in [0.29, 0.717) is 36.4 Å². The Kier molecular flexibility index (Phi) is 9.01. The SMILES string of the molecule is CCCc1ccc(OCc2nc(N3C[C@@H]4CCCCN(C(=O)Cc5ccccc5OC)[C@H]4C3)ncc2C(=O)O)cc1. The zero-order chi connectivity index (χ0) is 28.8. The Labute approximate surface area is 241 Å². The molecule has 5 rings (SSSR count). The van der Waals surface area contributed by atoms with Crippen molar-refractivity contribution in [2.75, 3.05) is 31.6 Å². The molecular weight excluding hydrogens is 520 g/mol. The van der Waals surface area contributed by atoms with Crippen LogP contribution in [0.5, 0.6) is 11.5 Å². The summed E-state index contributed by atoms with van der Waals surface area (Å²) >= 11 is 0. The van der Waals surface area contributed by atoms with Crippen molar-refractivity contribution in [3.63, 3.8) is 0 Å². The third-order valence-corrected chi connectivity index (χ3v) is 8.09. The van der Waals surface area contributed by atoms with Gasteiger partial charge in [0.2, 0.25) is 11.9 Å². The normalized spacial score (nSPS) is 18.5. The number of carboxylic acid groups (broad SMARTS) is 1. The smallest absolute Gasteiger partial charge is 0.339 e. The van der Waals surface area contributed by atoms with Crippen LogP contribution in [0.15, 0.2) is 54.7 Å². The Balaban J connectivity index is 1.31. The van der Waals surface area contributed by atoms with Crippen LogP contribution in [0.25, 0.3) is 0 Å². The minimum atomic E-state index is -1.09. The summed E-state index contributed by atoms with van der Waals surface area (Å²) in [7, 11) is 1.62. The van der Waals surface area contributed by atoms with E-state index in [1.807, 2.05) is 53.4 Å². The molecule has 9 nitrogen and oxygen atoms in total. The van der Waals surface area contributed by atoms with Crippen LogP contribution in [-0.2, 0) is 24.2 Å². The number of nitrogens with zero attached hydrogens (tertiary/aromatic N) is 4. The van der Waals surface area contributed by atoms with Gasteiger partial charge < -0.3 is 24.4 Å². The Morgan fingerprint density at radius 1 is 1.07 bits per heavy atom. The van der Waals surface area contributed by atoms with Crippen LogP contribution in [0.1, 0.15) is 59.8 Å². The zero-order valence-corrected chi connectivity index (χ0v) is 23.8. The number of para-hydroxylation sites is 1. The summed E-state index contributed by atoms with van der Waals surface area (Å²) in [4.78, 5) is 38.7. The van der Waals surface area contributed by atoms with Crippen LogP contribution in [0.2, 0.25) is 0 Å². The van der Waals surface area contributed by atoms with Crippen LogP contribution >= 0.6 is 0 Å². The highest BCUT2D eigenvalue weighted by Crippen LogP contribution is 2.33. The summed E-state index contributed by atoms with van der Waals surface area (Å²) in [5.74, 6) is 1.15. The van der Waals surface area contributed by atoms with Gasteiger partial charge in [0.15, 0.2) is 0 Å². The fourth-order valence-corrected chi connectivity index (χ4v) is 5.97. The number of benzene rings is 2. The Bertz CT molecular complexity index is 1360. The van der Waals surface area contributed by atoms with Crippen LogP contribution < -0.4 is 14.4 Å². The number of aryl methyl sites for hydroxylation is 1. The molecule has 1 aromatic heterocycles. The molecule has 2 atom stereocenters. The van der Waals surface area contributed by atoms with Crippen LogP contribution in [0.4, 0.5) is 5.95 Å². The van der Waals surface area contributed by atoms with Gasteiger partial charge in [0, 0.05) is 31.4 Å². The number of ether oxygens (including phenoxy) is 2. The standard InChI is InChI=1S/C32H38N4O5/c1-3-8-22-12-14-25(15-13-22)41-21-27-26(31(38)39)18-33-32(34-27)35-19-24-10-6-7-16-36(28(24)20-35)30(37)17-23-9-4-5-11-29(23)40-2/h4-5,9,11-15,18,24,28H,3,6-8,10,16-17,19-21H2,1-2H3,(H,38,39)/t24-,28-/m0/s1. The average Bonchev–Trinajstić information content (AvgIpc) is 3.30. The van der Waals surface area contributed by atoms with Crippen LogP contribution in [0.3, 0.4) is 0 Å². The van der Waals surface area contributed by atoms with E-state index in [0.717, 1.165) is 50.0 Å². The van der Waals surface area contributed by atoms with Crippen molar-refractivity contribution in [1.29, 1.82) is 0 Å². The van der Waals surface area contributed by atoms with Gasteiger partial charge in [-0.3, -0.25) is 4.79 Å². The number of likely N-dealkylation sites (tertiary alicyclic amines) is 1. The van der Waals surface area contributed by atoms with Gasteiger partial charge in [0.25, 0.3) is 0 Å². The highest BCUT2D eigenvalue weighted by Gasteiger charge is 2.40. The lowest BCUT2D eigenvalue weighted by molar-refractivity contribution is -0.132. The molecule has 1 amide bonds. The molecular formula is C32H38N4O5. The fourth-order valence-electron chi connectivity index (χ4n) is 5.97. The van der Waals surface area contributed by atoms with Crippen molar-refractivity contribution in [3.05, 3.63) is 77.1 Å². The maximum Gasteiger partial charge on any atom is 0.339 e. The Morgan fingerprint density at radius 3 is 2.63 bits per heavy atom. The molecule has 2 aliphatic rings. The van der Waals surface area contributed by atoms with Gasteiger partial charge in [-0.05, 0) is 48.9 Å². The molecule has 41 heavy (non-hydrogen) atoms. The van der Waals surface area contributed by atoms with Crippen molar-refractivity contribution < 1.29 is 24.2 Å². The highest BCUT2D eigenvalue weighted by atomic mass is 16.5. The first-order chi connectivity index (χ1) is 20.0. The summed E-state index contributed by atoms with van der Waals surface area (Å²) in [6, 6.07) is 15.5. The number of carbonyl (C=O) groups excluding carboxylic acids is 1. The molecule has 216 valence electrons. The highest BCUT2D eigenvalue weighted by molar-refractivity contribution is 5.88. The number of methoxy groups -OCH3 is 1. The molecule has 9 heteroatoms. The molecule has 0 unspecified atom stereocenters. The first-order valence-electron chi connectivity index (χ1n) is 14.4. The lowest BCUT2D eigenvalue weighted by atomic mass is 9.98. The van der Waals surface area contributed by atoms with E-state index in [1.54, 1.807) is 7.11 Å². The summed E-state index contributed by atoms with van der Waals surface area (Å²) in [5, 5.41) is 9.77. The van der Waals surface area contributed by atoms with Gasteiger partial charge in [-0.15, -0.1) is 0 Å². The number of hydrogen-bond acceptors (Lipinski definition) is 7. The molecule has 0 spiro atoms. The molecule has 2 fully saturated rings. The number of rotatable bonds is 10. The number of carbonyl (C=O) groups is 2. The number of carboxylic acids is 1. The molecule has 2 aliphatic heterocycles. The van der Waals surface area contributed by atoms with Crippen LogP contribution in [0, 0.1) is 5.92 Å². The van der Waals surface area contributed by atoms with Crippen molar-refractivity contribution in [3.8, 4) is 11.5 Å². The zero-order valence-electron chi connectivity index (χ0n) is 23.8. The molecule has 3 aromatic rings. The summed E-state index contributed by atoms with van der Waals surface area (Å²) in [6.45, 7) is 4.20. The molecule has 0 radical (unpaired) electrons. The first-order valence-corrected chi connectivity index (χ1v) is 14.4. The molecule has 1 N–H and O–H groups in total. The second-order valence-corrected chi connectivity index (χ2v) is 10.8. The molecule has 0 aliphatic carbocycles. The van der Waals surface area contributed by atoms with Crippen molar-refractivity contribution in [2.24, 2.45) is 5.92 Å². The van der Waals surface area contributed by atoms with Crippen LogP contribution in [-0.4, -0.2) is 64.6 Å². The fraction of sp³-hybridized carbons (Fsp3) is 0.438. The molecule has 3 heterocycles. The maximum atomic E-state index is 13.6. The van der Waals surface area contributed by atoms with Gasteiger partial charge >= 0.3 is 5.97 Å². The van der Waals surface area contributed by atoms with Gasteiger partial charge in [0.1, 0.15) is 23.7 Å². The van der Waals surface area contributed by atoms with Crippen molar-refractivity contribution in [2.45, 2.75) is 58.1 Å². The monoisotopic (exact) mass is 558 g/mol. The van der Waals surface area contributed by atoms with Gasteiger partial charge in [-0.25, -0.2) is 14.8 Å². The molecule has 0 saturated carbocycles. The van der Waals surface area contributed by atoms with Gasteiger partial charge in [-0.1, -0.05) is 50.1 Å². The molecule has 0 bridgehead atoms. The number of aromatic nitrogens is 2. The topological polar surface area (TPSA) is 105 Å². The molecule has 2 aromatic carbocycles. The van der Waals surface area contributed by atoms with E-state index in [1.165, 1.54) is 11.8 Å². The minimum Gasteiger partial charge on any atom is -0.496 e. The third kappa shape index (κ3) is 6.61. The van der Waals surface area contributed by atoms with E-state index in [-0.39, 0.29) is 30.5 Å². The number of amides is 1. The number of aromatic carboxylic acids is 1. The van der Waals surface area contributed by atoms with Gasteiger partial charge in [-0.2, -0.15) is 0 Å². The summed E-state index contributed by atoms with van der Waals surface area (Å²) in [6.07, 6.45) is 6.79. The third-order valence-electron chi connectivity index (χ3n) is 8.09. The molecule has 2 saturated heterocycles. The quantitative estimate of drug-likeness (QED) is 0.379. The van der Waals surface area contributed by atoms with E-state index in [9.17, 15) is 14.7 Å². The van der Waals surface area contributed by atoms with E-state index in [2.05, 4.69) is 21.8 Å². The largest absolute Gasteiger partial charge is 0.496 e. The van der Waals surface area contributed by atoms with E-state index < -0.39 is 5.97 Å². The number of anilines is 1. The first kappa shape index (κ1) is 28.4.